The van der Waals surface area contributed by atoms with Crippen molar-refractivity contribution in [1.29, 1.82) is 0 Å². The predicted octanol–water partition coefficient (Wildman–Crippen LogP) is 4.45. The van der Waals surface area contributed by atoms with Gasteiger partial charge in [0.05, 0.1) is 5.69 Å². The van der Waals surface area contributed by atoms with Gasteiger partial charge in [-0.25, -0.2) is 9.97 Å². The molecule has 2 amide bonds. The molecule has 4 aromatic rings. The summed E-state index contributed by atoms with van der Waals surface area (Å²) < 4.78 is 7.20. The average molecular weight is 495 g/mol. The number of amides is 2. The summed E-state index contributed by atoms with van der Waals surface area (Å²) in [6.45, 7) is 5.56. The normalized spacial score (nSPS) is 10.8. The lowest BCUT2D eigenvalue weighted by atomic mass is 10.2. The number of carbonyl (C=O) groups excluding carboxylic acids is 2. The molecule has 9 nitrogen and oxygen atoms in total. The van der Waals surface area contributed by atoms with Crippen molar-refractivity contribution in [2.24, 2.45) is 0 Å². The first kappa shape index (κ1) is 21.4. The van der Waals surface area contributed by atoms with Gasteiger partial charge in [-0.05, 0) is 73.1 Å². The molecule has 0 aliphatic rings. The van der Waals surface area contributed by atoms with Crippen LogP contribution in [0.15, 0.2) is 57.6 Å². The summed E-state index contributed by atoms with van der Waals surface area (Å²) in [5.74, 6) is 0.171. The molecule has 10 heteroatoms. The van der Waals surface area contributed by atoms with Gasteiger partial charge in [0.2, 0.25) is 0 Å². The summed E-state index contributed by atoms with van der Waals surface area (Å²) in [6, 6.07) is 13.4. The molecule has 3 heterocycles. The highest BCUT2D eigenvalue weighted by atomic mass is 79.9. The number of hydrogen-bond acceptors (Lipinski definition) is 6. The third kappa shape index (κ3) is 4.75. The number of carbonyl (C=O) groups is 2. The van der Waals surface area contributed by atoms with E-state index < -0.39 is 5.91 Å². The van der Waals surface area contributed by atoms with Crippen molar-refractivity contribution in [3.8, 4) is 5.95 Å². The van der Waals surface area contributed by atoms with Crippen LogP contribution in [0.5, 0.6) is 0 Å². The van der Waals surface area contributed by atoms with E-state index >= 15 is 0 Å². The van der Waals surface area contributed by atoms with E-state index in [0.717, 1.165) is 11.4 Å². The van der Waals surface area contributed by atoms with Crippen LogP contribution in [0.4, 0.5) is 11.5 Å². The van der Waals surface area contributed by atoms with E-state index in [2.05, 4.69) is 41.6 Å². The number of benzene rings is 1. The second-order valence-electron chi connectivity index (χ2n) is 7.13. The Balaban J connectivity index is 1.55. The van der Waals surface area contributed by atoms with Gasteiger partial charge < -0.3 is 15.1 Å². The van der Waals surface area contributed by atoms with E-state index in [1.807, 2.05) is 26.8 Å². The summed E-state index contributed by atoms with van der Waals surface area (Å²) in [6.07, 6.45) is 0. The monoisotopic (exact) mass is 494 g/mol. The molecule has 0 unspecified atom stereocenters. The summed E-state index contributed by atoms with van der Waals surface area (Å²) in [4.78, 5) is 34.1. The van der Waals surface area contributed by atoms with Crippen LogP contribution in [-0.2, 0) is 0 Å². The van der Waals surface area contributed by atoms with Crippen molar-refractivity contribution in [3.63, 3.8) is 0 Å². The van der Waals surface area contributed by atoms with E-state index in [1.54, 1.807) is 42.5 Å². The Morgan fingerprint density at radius 1 is 0.906 bits per heavy atom. The van der Waals surface area contributed by atoms with Gasteiger partial charge in [-0.15, -0.1) is 0 Å². The third-order valence-corrected chi connectivity index (χ3v) is 4.84. The number of aryl methyl sites for hydroxylation is 3. The van der Waals surface area contributed by atoms with Gasteiger partial charge in [0.1, 0.15) is 5.82 Å². The van der Waals surface area contributed by atoms with E-state index in [1.165, 1.54) is 4.68 Å². The number of anilines is 2. The fourth-order valence-electron chi connectivity index (χ4n) is 3.10. The first-order valence-corrected chi connectivity index (χ1v) is 10.5. The molecular formula is C22H19BrN6O3. The Morgan fingerprint density at radius 2 is 1.66 bits per heavy atom. The first-order valence-electron chi connectivity index (χ1n) is 9.66. The van der Waals surface area contributed by atoms with Gasteiger partial charge in [-0.1, -0.05) is 6.07 Å². The number of aromatic nitrogens is 4. The standard InChI is InChI=1S/C22H19BrN6O3/c1-12-9-13(2)25-22(24-12)29-19(10-14(3)28-29)27-20(30)15-5-4-6-16(11-15)26-21(31)17-7-8-18(23)32-17/h4-11H,1-3H3,(H,26,31)(H,27,30). The number of rotatable bonds is 5. The van der Waals surface area contributed by atoms with Crippen LogP contribution in [0, 0.1) is 20.8 Å². The lowest BCUT2D eigenvalue weighted by Crippen LogP contribution is -2.17. The molecule has 4 rings (SSSR count). The first-order chi connectivity index (χ1) is 15.3. The average Bonchev–Trinajstić information content (AvgIpc) is 3.33. The molecule has 0 atom stereocenters. The van der Waals surface area contributed by atoms with Gasteiger partial charge in [0, 0.05) is 28.7 Å². The zero-order valence-electron chi connectivity index (χ0n) is 17.5. The molecule has 0 bridgehead atoms. The molecule has 162 valence electrons. The fraction of sp³-hybridized carbons (Fsp3) is 0.136. The predicted molar refractivity (Wildman–Crippen MR) is 122 cm³/mol. The molecule has 0 fully saturated rings. The van der Waals surface area contributed by atoms with E-state index in [-0.39, 0.29) is 11.7 Å². The fourth-order valence-corrected chi connectivity index (χ4v) is 3.41. The second kappa shape index (κ2) is 8.75. The van der Waals surface area contributed by atoms with Crippen molar-refractivity contribution in [2.75, 3.05) is 10.6 Å². The van der Waals surface area contributed by atoms with Gasteiger partial charge in [0.25, 0.3) is 17.8 Å². The minimum atomic E-state index is -0.422. The van der Waals surface area contributed by atoms with Gasteiger partial charge in [0.15, 0.2) is 10.4 Å². The van der Waals surface area contributed by atoms with Gasteiger partial charge in [-0.2, -0.15) is 9.78 Å². The molecule has 0 spiro atoms. The van der Waals surface area contributed by atoms with Crippen molar-refractivity contribution >= 4 is 39.2 Å². The quantitative estimate of drug-likeness (QED) is 0.423. The minimum Gasteiger partial charge on any atom is -0.444 e. The summed E-state index contributed by atoms with van der Waals surface area (Å²) in [7, 11) is 0. The van der Waals surface area contributed by atoms with Crippen LogP contribution >= 0.6 is 15.9 Å². The molecule has 0 saturated carbocycles. The molecule has 0 saturated heterocycles. The van der Waals surface area contributed by atoms with Crippen LogP contribution in [0.2, 0.25) is 0 Å². The van der Waals surface area contributed by atoms with Crippen LogP contribution in [0.1, 0.15) is 38.0 Å². The van der Waals surface area contributed by atoms with Crippen LogP contribution in [0.3, 0.4) is 0 Å². The van der Waals surface area contributed by atoms with Crippen LogP contribution < -0.4 is 10.6 Å². The van der Waals surface area contributed by atoms with Crippen LogP contribution in [-0.4, -0.2) is 31.6 Å². The van der Waals surface area contributed by atoms with Crippen molar-refractivity contribution < 1.29 is 14.0 Å². The van der Waals surface area contributed by atoms with Crippen molar-refractivity contribution in [3.05, 3.63) is 81.6 Å². The van der Waals surface area contributed by atoms with E-state index in [9.17, 15) is 9.59 Å². The van der Waals surface area contributed by atoms with E-state index in [0.29, 0.717) is 33.4 Å². The van der Waals surface area contributed by atoms with Gasteiger partial charge in [-0.3, -0.25) is 9.59 Å². The molecular weight excluding hydrogens is 476 g/mol. The maximum atomic E-state index is 12.9. The van der Waals surface area contributed by atoms with Crippen LogP contribution in [0.25, 0.3) is 5.95 Å². The molecule has 1 aromatic carbocycles. The summed E-state index contributed by atoms with van der Waals surface area (Å²) in [5.41, 5.74) is 3.11. The summed E-state index contributed by atoms with van der Waals surface area (Å²) >= 11 is 3.16. The molecule has 0 aliphatic carbocycles. The highest BCUT2D eigenvalue weighted by Crippen LogP contribution is 2.19. The maximum absolute atomic E-state index is 12.9. The minimum absolute atomic E-state index is 0.152. The summed E-state index contributed by atoms with van der Waals surface area (Å²) in [5, 5.41) is 9.97. The Labute approximate surface area is 192 Å². The zero-order chi connectivity index (χ0) is 22.8. The zero-order valence-corrected chi connectivity index (χ0v) is 19.1. The highest BCUT2D eigenvalue weighted by Gasteiger charge is 2.16. The molecule has 0 aliphatic heterocycles. The maximum Gasteiger partial charge on any atom is 0.291 e. The number of hydrogen-bond donors (Lipinski definition) is 2. The lowest BCUT2D eigenvalue weighted by Gasteiger charge is -2.10. The van der Waals surface area contributed by atoms with Gasteiger partial charge >= 0.3 is 0 Å². The third-order valence-electron chi connectivity index (χ3n) is 4.41. The molecule has 32 heavy (non-hydrogen) atoms. The molecule has 2 N–H and O–H groups in total. The van der Waals surface area contributed by atoms with E-state index in [4.69, 9.17) is 4.42 Å². The Bertz CT molecular complexity index is 1310. The number of nitrogens with one attached hydrogen (secondary N) is 2. The number of halogens is 1. The molecule has 0 radical (unpaired) electrons. The Kier molecular flexibility index (Phi) is 5.87. The van der Waals surface area contributed by atoms with Crippen molar-refractivity contribution in [1.82, 2.24) is 19.7 Å². The lowest BCUT2D eigenvalue weighted by molar-refractivity contribution is 0.0992. The number of furan rings is 1. The topological polar surface area (TPSA) is 115 Å². The Morgan fingerprint density at radius 3 is 2.34 bits per heavy atom. The second-order valence-corrected chi connectivity index (χ2v) is 7.91. The highest BCUT2D eigenvalue weighted by molar-refractivity contribution is 9.10. The SMILES string of the molecule is Cc1cc(C)nc(-n2nc(C)cc2NC(=O)c2cccc(NC(=O)c3ccc(Br)o3)c2)n1. The number of nitrogens with zero attached hydrogens (tertiary/aromatic N) is 4. The Hall–Kier alpha value is -3.79. The van der Waals surface area contributed by atoms with Crippen molar-refractivity contribution in [2.45, 2.75) is 20.8 Å². The smallest absolute Gasteiger partial charge is 0.291 e. The largest absolute Gasteiger partial charge is 0.444 e. The molecule has 3 aromatic heterocycles.